The maximum Gasteiger partial charge on any atom is 0.322 e. The first-order valence-electron chi connectivity index (χ1n) is 8.94. The van der Waals surface area contributed by atoms with Crippen molar-refractivity contribution in [2.75, 3.05) is 5.32 Å². The first-order chi connectivity index (χ1) is 13.8. The summed E-state index contributed by atoms with van der Waals surface area (Å²) in [6.07, 6.45) is 1.72. The monoisotopic (exact) mass is 409 g/mol. The first kappa shape index (κ1) is 18.9. The number of carbonyl (C=O) groups is 3. The van der Waals surface area contributed by atoms with Gasteiger partial charge in [-0.1, -0.05) is 12.1 Å². The summed E-state index contributed by atoms with van der Waals surface area (Å²) in [5.74, 6) is -0.693. The summed E-state index contributed by atoms with van der Waals surface area (Å²) in [6.45, 7) is 5.42. The van der Waals surface area contributed by atoms with Crippen molar-refractivity contribution >= 4 is 34.9 Å². The molecular formula is C20H19N5O3S. The van der Waals surface area contributed by atoms with Crippen LogP contribution in [0.25, 0.3) is 5.13 Å². The fraction of sp³-hybridized carbons (Fsp3) is 0.200. The van der Waals surface area contributed by atoms with Crippen LogP contribution in [0.1, 0.15) is 34.2 Å². The Morgan fingerprint density at radius 1 is 1.24 bits per heavy atom. The van der Waals surface area contributed by atoms with E-state index in [9.17, 15) is 14.4 Å². The molecule has 9 heteroatoms. The fourth-order valence-corrected chi connectivity index (χ4v) is 4.22. The van der Waals surface area contributed by atoms with Gasteiger partial charge in [0.2, 0.25) is 0 Å². The van der Waals surface area contributed by atoms with Gasteiger partial charge in [0.1, 0.15) is 5.54 Å². The van der Waals surface area contributed by atoms with Crippen molar-refractivity contribution in [2.24, 2.45) is 0 Å². The van der Waals surface area contributed by atoms with E-state index in [-0.39, 0.29) is 5.91 Å². The van der Waals surface area contributed by atoms with Gasteiger partial charge in [0.05, 0.1) is 5.56 Å². The molecule has 8 nitrogen and oxygen atoms in total. The van der Waals surface area contributed by atoms with Crippen molar-refractivity contribution in [2.45, 2.75) is 26.3 Å². The molecular weight excluding hydrogens is 390 g/mol. The number of nitrogens with zero attached hydrogens (tertiary/aromatic N) is 2. The molecule has 4 amide bonds. The number of aryl methyl sites for hydroxylation is 1. The van der Waals surface area contributed by atoms with Crippen molar-refractivity contribution in [3.8, 4) is 5.13 Å². The quantitative estimate of drug-likeness (QED) is 0.576. The second-order valence-corrected chi connectivity index (χ2v) is 7.88. The van der Waals surface area contributed by atoms with Crippen LogP contribution < -0.4 is 16.0 Å². The number of thiazole rings is 1. The van der Waals surface area contributed by atoms with Gasteiger partial charge >= 0.3 is 6.03 Å². The highest BCUT2D eigenvalue weighted by atomic mass is 32.1. The van der Waals surface area contributed by atoms with E-state index in [0.29, 0.717) is 16.8 Å². The van der Waals surface area contributed by atoms with Crippen LogP contribution in [-0.2, 0) is 10.3 Å². The second kappa shape index (κ2) is 6.85. The lowest BCUT2D eigenvalue weighted by molar-refractivity contribution is -0.123. The van der Waals surface area contributed by atoms with Crippen molar-refractivity contribution in [1.29, 1.82) is 0 Å². The largest absolute Gasteiger partial charge is 0.322 e. The van der Waals surface area contributed by atoms with Crippen molar-refractivity contribution in [3.05, 3.63) is 64.4 Å². The SMILES string of the molecule is Cc1cc(C(=O)Nc2cccc(C3(C)NC(=O)NC3=O)c2)c(C)n1-c1nccs1. The first-order valence-corrected chi connectivity index (χ1v) is 9.82. The van der Waals surface area contributed by atoms with E-state index < -0.39 is 17.5 Å². The second-order valence-electron chi connectivity index (χ2n) is 7.00. The van der Waals surface area contributed by atoms with E-state index in [2.05, 4.69) is 20.9 Å². The lowest BCUT2D eigenvalue weighted by Crippen LogP contribution is -2.40. The van der Waals surface area contributed by atoms with Crippen molar-refractivity contribution in [1.82, 2.24) is 20.2 Å². The highest BCUT2D eigenvalue weighted by molar-refractivity contribution is 7.12. The number of hydrogen-bond donors (Lipinski definition) is 3. The number of urea groups is 1. The van der Waals surface area contributed by atoms with Crippen LogP contribution in [0.5, 0.6) is 0 Å². The van der Waals surface area contributed by atoms with Gasteiger partial charge in [0.25, 0.3) is 11.8 Å². The van der Waals surface area contributed by atoms with Gasteiger partial charge < -0.3 is 10.6 Å². The fourth-order valence-electron chi connectivity index (χ4n) is 3.47. The highest BCUT2D eigenvalue weighted by Gasteiger charge is 2.43. The predicted octanol–water partition coefficient (Wildman–Crippen LogP) is 2.86. The number of imide groups is 1. The molecule has 1 aromatic carbocycles. The minimum Gasteiger partial charge on any atom is -0.322 e. The summed E-state index contributed by atoms with van der Waals surface area (Å²) < 4.78 is 1.94. The number of nitrogens with one attached hydrogen (secondary N) is 3. The Kier molecular flexibility index (Phi) is 4.46. The van der Waals surface area contributed by atoms with Crippen LogP contribution >= 0.6 is 11.3 Å². The van der Waals surface area contributed by atoms with Gasteiger partial charge in [-0.05, 0) is 44.5 Å². The Labute approximate surface area is 171 Å². The Morgan fingerprint density at radius 2 is 2.03 bits per heavy atom. The van der Waals surface area contributed by atoms with Gasteiger partial charge in [-0.3, -0.25) is 19.5 Å². The molecule has 1 saturated heterocycles. The summed E-state index contributed by atoms with van der Waals surface area (Å²) in [5.41, 5.74) is 2.17. The lowest BCUT2D eigenvalue weighted by atomic mass is 9.92. The van der Waals surface area contributed by atoms with Crippen LogP contribution in [0.4, 0.5) is 10.5 Å². The molecule has 0 saturated carbocycles. The standard InChI is InChI=1S/C20H19N5O3S/c1-11-9-15(12(2)25(11)19-21-7-8-29-19)16(26)22-14-6-4-5-13(10-14)20(3)17(27)23-18(28)24-20/h4-10H,1-3H3,(H,22,26)(H2,23,24,27,28). The molecule has 4 rings (SSSR count). The minimum atomic E-state index is -1.18. The zero-order chi connectivity index (χ0) is 20.8. The topological polar surface area (TPSA) is 105 Å². The smallest absolute Gasteiger partial charge is 0.322 e. The third kappa shape index (κ3) is 3.19. The molecule has 3 aromatic rings. The average molecular weight is 409 g/mol. The molecule has 148 valence electrons. The number of rotatable bonds is 4. The zero-order valence-electron chi connectivity index (χ0n) is 16.1. The normalized spacial score (nSPS) is 18.4. The third-order valence-corrected chi connectivity index (χ3v) is 5.79. The Balaban J connectivity index is 1.61. The Morgan fingerprint density at radius 3 is 2.69 bits per heavy atom. The molecule has 29 heavy (non-hydrogen) atoms. The summed E-state index contributed by atoms with van der Waals surface area (Å²) in [4.78, 5) is 40.9. The molecule has 0 bridgehead atoms. The average Bonchev–Trinajstić information content (AvgIpc) is 3.35. The molecule has 1 unspecified atom stereocenters. The molecule has 2 aromatic heterocycles. The molecule has 1 aliphatic rings. The summed E-state index contributed by atoms with van der Waals surface area (Å²) in [5, 5.41) is 10.4. The number of hydrogen-bond acceptors (Lipinski definition) is 5. The van der Waals surface area contributed by atoms with Gasteiger partial charge in [-0.25, -0.2) is 9.78 Å². The molecule has 0 radical (unpaired) electrons. The summed E-state index contributed by atoms with van der Waals surface area (Å²) in [7, 11) is 0. The summed E-state index contributed by atoms with van der Waals surface area (Å²) in [6, 6.07) is 8.16. The maximum absolute atomic E-state index is 12.9. The Hall–Kier alpha value is -3.46. The van der Waals surface area contributed by atoms with E-state index in [1.807, 2.05) is 29.9 Å². The molecule has 1 aliphatic heterocycles. The number of carbonyl (C=O) groups excluding carboxylic acids is 3. The minimum absolute atomic E-state index is 0.261. The molecule has 3 N–H and O–H groups in total. The van der Waals surface area contributed by atoms with Gasteiger partial charge in [0, 0.05) is 28.7 Å². The van der Waals surface area contributed by atoms with Crippen molar-refractivity contribution < 1.29 is 14.4 Å². The van der Waals surface area contributed by atoms with E-state index in [1.165, 1.54) is 11.3 Å². The van der Waals surface area contributed by atoms with E-state index in [4.69, 9.17) is 0 Å². The van der Waals surface area contributed by atoms with Crippen LogP contribution in [0, 0.1) is 13.8 Å². The Bertz CT molecular complexity index is 1140. The number of benzene rings is 1. The highest BCUT2D eigenvalue weighted by Crippen LogP contribution is 2.27. The zero-order valence-corrected chi connectivity index (χ0v) is 16.9. The van der Waals surface area contributed by atoms with Crippen LogP contribution in [0.15, 0.2) is 41.9 Å². The third-order valence-electron chi connectivity index (χ3n) is 5.03. The lowest BCUT2D eigenvalue weighted by Gasteiger charge is -2.21. The summed E-state index contributed by atoms with van der Waals surface area (Å²) >= 11 is 1.50. The predicted molar refractivity (Wildman–Crippen MR) is 109 cm³/mol. The van der Waals surface area contributed by atoms with Gasteiger partial charge in [0.15, 0.2) is 5.13 Å². The maximum atomic E-state index is 12.9. The van der Waals surface area contributed by atoms with E-state index in [1.54, 1.807) is 37.4 Å². The van der Waals surface area contributed by atoms with Gasteiger partial charge in [-0.15, -0.1) is 11.3 Å². The van der Waals surface area contributed by atoms with Crippen LogP contribution in [0.2, 0.25) is 0 Å². The number of aromatic nitrogens is 2. The molecule has 1 fully saturated rings. The van der Waals surface area contributed by atoms with Crippen molar-refractivity contribution in [3.63, 3.8) is 0 Å². The molecule has 1 atom stereocenters. The van der Waals surface area contributed by atoms with Crippen LogP contribution in [0.3, 0.4) is 0 Å². The van der Waals surface area contributed by atoms with Crippen LogP contribution in [-0.4, -0.2) is 27.4 Å². The number of amides is 4. The van der Waals surface area contributed by atoms with E-state index in [0.717, 1.165) is 16.5 Å². The number of anilines is 1. The molecule has 3 heterocycles. The van der Waals surface area contributed by atoms with E-state index >= 15 is 0 Å². The van der Waals surface area contributed by atoms with Gasteiger partial charge in [-0.2, -0.15) is 0 Å². The molecule has 0 spiro atoms. The molecule has 0 aliphatic carbocycles.